The molecular formula is C11H20N4O. The SMILES string of the molecule is CC(C)NCc1nnc(N2CCCC2C)o1. The molecule has 1 aromatic heterocycles. The number of hydrogen-bond acceptors (Lipinski definition) is 5. The highest BCUT2D eigenvalue weighted by Gasteiger charge is 2.24. The van der Waals surface area contributed by atoms with Crippen LogP contribution in [-0.4, -0.2) is 28.8 Å². The van der Waals surface area contributed by atoms with E-state index in [1.54, 1.807) is 0 Å². The van der Waals surface area contributed by atoms with E-state index in [2.05, 4.69) is 41.2 Å². The van der Waals surface area contributed by atoms with E-state index in [0.29, 0.717) is 30.5 Å². The standard InChI is InChI=1S/C11H20N4O/c1-8(2)12-7-10-13-14-11(16-10)15-6-4-5-9(15)3/h8-9,12H,4-7H2,1-3H3. The van der Waals surface area contributed by atoms with Crippen molar-refractivity contribution < 1.29 is 4.42 Å². The highest BCUT2D eigenvalue weighted by atomic mass is 16.4. The maximum Gasteiger partial charge on any atom is 0.318 e. The normalized spacial score (nSPS) is 21.0. The maximum absolute atomic E-state index is 5.63. The number of anilines is 1. The zero-order valence-electron chi connectivity index (χ0n) is 10.2. The van der Waals surface area contributed by atoms with E-state index < -0.39 is 0 Å². The average Bonchev–Trinajstić information content (AvgIpc) is 2.83. The van der Waals surface area contributed by atoms with Crippen molar-refractivity contribution in [3.63, 3.8) is 0 Å². The smallest absolute Gasteiger partial charge is 0.318 e. The van der Waals surface area contributed by atoms with Crippen LogP contribution < -0.4 is 10.2 Å². The van der Waals surface area contributed by atoms with Crippen LogP contribution in [0.5, 0.6) is 0 Å². The Balaban J connectivity index is 1.96. The van der Waals surface area contributed by atoms with E-state index in [0.717, 1.165) is 6.54 Å². The summed E-state index contributed by atoms with van der Waals surface area (Å²) in [4.78, 5) is 2.19. The van der Waals surface area contributed by atoms with Crippen LogP contribution in [0, 0.1) is 0 Å². The highest BCUT2D eigenvalue weighted by Crippen LogP contribution is 2.23. The first kappa shape index (κ1) is 11.4. The summed E-state index contributed by atoms with van der Waals surface area (Å²) in [6, 6.07) is 1.62. The number of aromatic nitrogens is 2. The minimum Gasteiger partial charge on any atom is -0.407 e. The van der Waals surface area contributed by atoms with Crippen LogP contribution in [0.1, 0.15) is 39.5 Å². The van der Waals surface area contributed by atoms with Gasteiger partial charge in [-0.1, -0.05) is 18.9 Å². The molecule has 2 heterocycles. The lowest BCUT2D eigenvalue weighted by atomic mass is 10.2. The second-order valence-electron chi connectivity index (χ2n) is 4.70. The molecule has 1 fully saturated rings. The molecule has 0 bridgehead atoms. The Morgan fingerprint density at radius 3 is 2.94 bits per heavy atom. The van der Waals surface area contributed by atoms with Crippen LogP contribution in [0.15, 0.2) is 4.42 Å². The van der Waals surface area contributed by atoms with Crippen LogP contribution in [0.3, 0.4) is 0 Å². The quantitative estimate of drug-likeness (QED) is 0.841. The Morgan fingerprint density at radius 1 is 1.50 bits per heavy atom. The summed E-state index contributed by atoms with van der Waals surface area (Å²) in [5.41, 5.74) is 0. The lowest BCUT2D eigenvalue weighted by Gasteiger charge is -2.17. The van der Waals surface area contributed by atoms with E-state index in [-0.39, 0.29) is 0 Å². The molecule has 1 atom stereocenters. The fourth-order valence-electron chi connectivity index (χ4n) is 1.94. The van der Waals surface area contributed by atoms with Crippen molar-refractivity contribution in [2.45, 2.75) is 52.2 Å². The van der Waals surface area contributed by atoms with Gasteiger partial charge in [0.05, 0.1) is 6.54 Å². The second-order valence-corrected chi connectivity index (χ2v) is 4.70. The molecule has 16 heavy (non-hydrogen) atoms. The topological polar surface area (TPSA) is 54.2 Å². The van der Waals surface area contributed by atoms with Crippen molar-refractivity contribution in [3.8, 4) is 0 Å². The molecule has 0 aromatic carbocycles. The van der Waals surface area contributed by atoms with Crippen LogP contribution in [0.4, 0.5) is 6.01 Å². The van der Waals surface area contributed by atoms with Crippen molar-refractivity contribution in [3.05, 3.63) is 5.89 Å². The third kappa shape index (κ3) is 2.52. The lowest BCUT2D eigenvalue weighted by molar-refractivity contribution is 0.445. The van der Waals surface area contributed by atoms with Gasteiger partial charge in [-0.25, -0.2) is 0 Å². The van der Waals surface area contributed by atoms with Gasteiger partial charge in [-0.15, -0.1) is 5.10 Å². The maximum atomic E-state index is 5.63. The molecule has 0 radical (unpaired) electrons. The molecule has 2 rings (SSSR count). The molecular weight excluding hydrogens is 204 g/mol. The van der Waals surface area contributed by atoms with Gasteiger partial charge in [-0.3, -0.25) is 0 Å². The molecule has 1 aliphatic heterocycles. The summed E-state index contributed by atoms with van der Waals surface area (Å²) < 4.78 is 5.63. The van der Waals surface area contributed by atoms with Gasteiger partial charge >= 0.3 is 6.01 Å². The van der Waals surface area contributed by atoms with Crippen molar-refractivity contribution in [1.82, 2.24) is 15.5 Å². The Bertz CT molecular complexity index is 336. The summed E-state index contributed by atoms with van der Waals surface area (Å²) in [7, 11) is 0. The van der Waals surface area contributed by atoms with Gasteiger partial charge in [0, 0.05) is 18.6 Å². The first-order valence-electron chi connectivity index (χ1n) is 5.99. The van der Waals surface area contributed by atoms with Crippen molar-refractivity contribution in [2.75, 3.05) is 11.4 Å². The van der Waals surface area contributed by atoms with Gasteiger partial charge in [0.2, 0.25) is 5.89 Å². The van der Waals surface area contributed by atoms with Gasteiger partial charge in [-0.2, -0.15) is 0 Å². The van der Waals surface area contributed by atoms with Gasteiger partial charge in [-0.05, 0) is 19.8 Å². The first-order valence-corrected chi connectivity index (χ1v) is 5.99. The fourth-order valence-corrected chi connectivity index (χ4v) is 1.94. The van der Waals surface area contributed by atoms with E-state index >= 15 is 0 Å². The van der Waals surface area contributed by atoms with E-state index in [1.165, 1.54) is 12.8 Å². The van der Waals surface area contributed by atoms with Gasteiger partial charge < -0.3 is 14.6 Å². The molecule has 90 valence electrons. The minimum atomic E-state index is 0.432. The molecule has 0 aliphatic carbocycles. The third-order valence-electron chi connectivity index (χ3n) is 2.92. The Hall–Kier alpha value is -1.10. The molecule has 1 aromatic rings. The van der Waals surface area contributed by atoms with Gasteiger partial charge in [0.15, 0.2) is 0 Å². The number of nitrogens with one attached hydrogen (secondary N) is 1. The Labute approximate surface area is 96.2 Å². The molecule has 0 saturated carbocycles. The van der Waals surface area contributed by atoms with Gasteiger partial charge in [0.25, 0.3) is 0 Å². The summed E-state index contributed by atoms with van der Waals surface area (Å²) in [6.07, 6.45) is 2.42. The van der Waals surface area contributed by atoms with E-state index in [1.807, 2.05) is 0 Å². The van der Waals surface area contributed by atoms with Crippen molar-refractivity contribution in [2.24, 2.45) is 0 Å². The monoisotopic (exact) mass is 224 g/mol. The van der Waals surface area contributed by atoms with Crippen molar-refractivity contribution >= 4 is 6.01 Å². The summed E-state index contributed by atoms with van der Waals surface area (Å²) in [6.45, 7) is 8.07. The predicted molar refractivity (Wildman–Crippen MR) is 62.3 cm³/mol. The predicted octanol–water partition coefficient (Wildman–Crippen LogP) is 1.56. The fraction of sp³-hybridized carbons (Fsp3) is 0.818. The summed E-state index contributed by atoms with van der Waals surface area (Å²) in [5.74, 6) is 0.669. The molecule has 1 saturated heterocycles. The third-order valence-corrected chi connectivity index (χ3v) is 2.92. The molecule has 1 unspecified atom stereocenters. The largest absolute Gasteiger partial charge is 0.407 e. The van der Waals surface area contributed by atoms with Gasteiger partial charge in [0.1, 0.15) is 0 Å². The van der Waals surface area contributed by atoms with E-state index in [4.69, 9.17) is 4.42 Å². The first-order chi connectivity index (χ1) is 7.66. The van der Waals surface area contributed by atoms with Crippen LogP contribution in [0.25, 0.3) is 0 Å². The van der Waals surface area contributed by atoms with Crippen LogP contribution in [0.2, 0.25) is 0 Å². The zero-order chi connectivity index (χ0) is 11.5. The summed E-state index contributed by atoms with van der Waals surface area (Å²) >= 11 is 0. The summed E-state index contributed by atoms with van der Waals surface area (Å²) in [5, 5.41) is 11.4. The minimum absolute atomic E-state index is 0.432. The average molecular weight is 224 g/mol. The Kier molecular flexibility index (Phi) is 3.43. The molecule has 5 nitrogen and oxygen atoms in total. The molecule has 5 heteroatoms. The number of hydrogen-bond donors (Lipinski definition) is 1. The van der Waals surface area contributed by atoms with Crippen LogP contribution >= 0.6 is 0 Å². The van der Waals surface area contributed by atoms with Crippen molar-refractivity contribution in [1.29, 1.82) is 0 Å². The van der Waals surface area contributed by atoms with E-state index in [9.17, 15) is 0 Å². The zero-order valence-corrected chi connectivity index (χ0v) is 10.2. The highest BCUT2D eigenvalue weighted by molar-refractivity contribution is 5.27. The molecule has 1 aliphatic rings. The Morgan fingerprint density at radius 2 is 2.31 bits per heavy atom. The molecule has 0 amide bonds. The lowest BCUT2D eigenvalue weighted by Crippen LogP contribution is -2.26. The number of nitrogens with zero attached hydrogens (tertiary/aromatic N) is 3. The van der Waals surface area contributed by atoms with Crippen LogP contribution in [-0.2, 0) is 6.54 Å². The second kappa shape index (κ2) is 4.82. The number of rotatable bonds is 4. The molecule has 0 spiro atoms. The molecule has 1 N–H and O–H groups in total.